The highest BCUT2D eigenvalue weighted by molar-refractivity contribution is 5.80. The van der Waals surface area contributed by atoms with Crippen molar-refractivity contribution in [3.8, 4) is 0 Å². The Labute approximate surface area is 89.0 Å². The lowest BCUT2D eigenvalue weighted by Crippen LogP contribution is -2.35. The molecule has 0 saturated carbocycles. The number of ether oxygens (including phenoxy) is 1. The van der Waals surface area contributed by atoms with Crippen molar-refractivity contribution in [2.24, 2.45) is 11.8 Å². The van der Waals surface area contributed by atoms with Crippen molar-refractivity contribution in [2.45, 2.75) is 13.3 Å². The van der Waals surface area contributed by atoms with Gasteiger partial charge in [-0.3, -0.25) is 9.59 Å². The Balaban J connectivity index is 2.46. The van der Waals surface area contributed by atoms with E-state index in [1.807, 2.05) is 0 Å². The Bertz CT molecular complexity index is 254. The minimum absolute atomic E-state index is 0.0133. The molecule has 1 saturated heterocycles. The summed E-state index contributed by atoms with van der Waals surface area (Å²) < 4.78 is 4.89. The molecule has 1 aliphatic heterocycles. The molecule has 1 rings (SSSR count). The number of carboxylic acids is 1. The first-order valence-corrected chi connectivity index (χ1v) is 5.06. The van der Waals surface area contributed by atoms with Crippen LogP contribution in [0, 0.1) is 11.8 Å². The number of amides is 1. The third-order valence-electron chi connectivity index (χ3n) is 2.69. The lowest BCUT2D eigenvalue weighted by Gasteiger charge is -2.19. The van der Waals surface area contributed by atoms with Crippen molar-refractivity contribution in [3.63, 3.8) is 0 Å². The summed E-state index contributed by atoms with van der Waals surface area (Å²) in [5, 5.41) is 8.79. The second-order valence-electron chi connectivity index (χ2n) is 3.96. The van der Waals surface area contributed by atoms with Crippen molar-refractivity contribution >= 4 is 11.9 Å². The van der Waals surface area contributed by atoms with E-state index < -0.39 is 11.9 Å². The van der Waals surface area contributed by atoms with E-state index in [4.69, 9.17) is 9.84 Å². The van der Waals surface area contributed by atoms with Gasteiger partial charge in [-0.15, -0.1) is 0 Å². The van der Waals surface area contributed by atoms with Gasteiger partial charge in [0.05, 0.1) is 18.4 Å². The van der Waals surface area contributed by atoms with Crippen LogP contribution in [0.25, 0.3) is 0 Å². The number of aliphatic carboxylic acids is 1. The lowest BCUT2D eigenvalue weighted by atomic mass is 10.1. The van der Waals surface area contributed by atoms with Gasteiger partial charge in [-0.25, -0.2) is 0 Å². The van der Waals surface area contributed by atoms with Gasteiger partial charge in [0.2, 0.25) is 5.91 Å². The molecule has 0 spiro atoms. The first kappa shape index (κ1) is 12.0. The molecule has 1 fully saturated rings. The summed E-state index contributed by atoms with van der Waals surface area (Å²) in [4.78, 5) is 24.1. The van der Waals surface area contributed by atoms with Gasteiger partial charge in [0.15, 0.2) is 0 Å². The molecule has 0 aromatic heterocycles. The minimum atomic E-state index is -0.815. The van der Waals surface area contributed by atoms with E-state index in [-0.39, 0.29) is 11.8 Å². The normalized spacial score (nSPS) is 22.8. The Kier molecular flexibility index (Phi) is 4.08. The van der Waals surface area contributed by atoms with Gasteiger partial charge in [-0.2, -0.15) is 0 Å². The molecule has 1 aliphatic rings. The number of hydrogen-bond acceptors (Lipinski definition) is 3. The Morgan fingerprint density at radius 3 is 2.73 bits per heavy atom. The van der Waals surface area contributed by atoms with Crippen LogP contribution in [0.5, 0.6) is 0 Å². The summed E-state index contributed by atoms with van der Waals surface area (Å²) in [5.41, 5.74) is 0. The zero-order valence-electron chi connectivity index (χ0n) is 9.10. The molecule has 0 aromatic rings. The first-order valence-electron chi connectivity index (χ1n) is 5.06. The van der Waals surface area contributed by atoms with Crippen LogP contribution in [0.2, 0.25) is 0 Å². The molecule has 15 heavy (non-hydrogen) atoms. The average Bonchev–Trinajstić information content (AvgIpc) is 2.65. The number of likely N-dealkylation sites (tertiary alicyclic amines) is 1. The molecule has 2 unspecified atom stereocenters. The number of nitrogens with zero attached hydrogens (tertiary/aromatic N) is 1. The van der Waals surface area contributed by atoms with Crippen molar-refractivity contribution in [2.75, 3.05) is 26.8 Å². The topological polar surface area (TPSA) is 66.8 Å². The molecule has 5 heteroatoms. The monoisotopic (exact) mass is 215 g/mol. The molecule has 0 bridgehead atoms. The lowest BCUT2D eigenvalue weighted by molar-refractivity contribution is -0.141. The zero-order valence-corrected chi connectivity index (χ0v) is 9.10. The molecular weight excluding hydrogens is 198 g/mol. The molecule has 0 aliphatic carbocycles. The zero-order chi connectivity index (χ0) is 11.4. The van der Waals surface area contributed by atoms with E-state index in [0.717, 1.165) is 0 Å². The smallest absolute Gasteiger partial charge is 0.308 e. The molecule has 0 radical (unpaired) electrons. The van der Waals surface area contributed by atoms with Gasteiger partial charge in [-0.05, 0) is 6.42 Å². The van der Waals surface area contributed by atoms with Crippen LogP contribution in [0.15, 0.2) is 0 Å². The molecule has 1 N–H and O–H groups in total. The van der Waals surface area contributed by atoms with Crippen LogP contribution in [0.3, 0.4) is 0 Å². The number of methoxy groups -OCH3 is 1. The third kappa shape index (κ3) is 2.92. The molecule has 1 amide bonds. The summed E-state index contributed by atoms with van der Waals surface area (Å²) in [6.45, 7) is 3.05. The van der Waals surface area contributed by atoms with Gasteiger partial charge in [0.25, 0.3) is 0 Å². The predicted octanol–water partition coefficient (Wildman–Crippen LogP) is 0.202. The predicted molar refractivity (Wildman–Crippen MR) is 53.4 cm³/mol. The van der Waals surface area contributed by atoms with E-state index in [1.165, 1.54) is 0 Å². The minimum Gasteiger partial charge on any atom is -0.481 e. The van der Waals surface area contributed by atoms with Gasteiger partial charge < -0.3 is 14.7 Å². The van der Waals surface area contributed by atoms with Crippen LogP contribution < -0.4 is 0 Å². The highest BCUT2D eigenvalue weighted by atomic mass is 16.5. The number of hydrogen-bond donors (Lipinski definition) is 1. The standard InChI is InChI=1S/C10H17NO4/c1-7(6-15-2)9(12)11-4-3-8(5-11)10(13)14/h7-8H,3-6H2,1-2H3,(H,13,14). The average molecular weight is 215 g/mol. The number of rotatable bonds is 4. The molecule has 2 atom stereocenters. The van der Waals surface area contributed by atoms with Crippen molar-refractivity contribution in [3.05, 3.63) is 0 Å². The van der Waals surface area contributed by atoms with Gasteiger partial charge >= 0.3 is 5.97 Å². The van der Waals surface area contributed by atoms with E-state index in [9.17, 15) is 9.59 Å². The molecular formula is C10H17NO4. The maximum absolute atomic E-state index is 11.8. The number of carbonyl (C=O) groups is 2. The van der Waals surface area contributed by atoms with Crippen molar-refractivity contribution < 1.29 is 19.4 Å². The first-order chi connectivity index (χ1) is 7.06. The summed E-state index contributed by atoms with van der Waals surface area (Å²) >= 11 is 0. The van der Waals surface area contributed by atoms with Crippen molar-refractivity contribution in [1.82, 2.24) is 4.90 Å². The molecule has 1 heterocycles. The van der Waals surface area contributed by atoms with Crippen LogP contribution in [0.4, 0.5) is 0 Å². The fourth-order valence-electron chi connectivity index (χ4n) is 1.79. The second kappa shape index (κ2) is 5.11. The quantitative estimate of drug-likeness (QED) is 0.727. The van der Waals surface area contributed by atoms with Crippen LogP contribution >= 0.6 is 0 Å². The van der Waals surface area contributed by atoms with Crippen LogP contribution in [-0.2, 0) is 14.3 Å². The van der Waals surface area contributed by atoms with Crippen molar-refractivity contribution in [1.29, 1.82) is 0 Å². The van der Waals surface area contributed by atoms with E-state index in [0.29, 0.717) is 26.1 Å². The fraction of sp³-hybridized carbons (Fsp3) is 0.800. The van der Waals surface area contributed by atoms with Crippen LogP contribution in [-0.4, -0.2) is 48.7 Å². The van der Waals surface area contributed by atoms with Gasteiger partial charge in [-0.1, -0.05) is 6.92 Å². The molecule has 5 nitrogen and oxygen atoms in total. The maximum atomic E-state index is 11.8. The summed E-state index contributed by atoms with van der Waals surface area (Å²) in [6, 6.07) is 0. The summed E-state index contributed by atoms with van der Waals surface area (Å²) in [6.07, 6.45) is 0.556. The highest BCUT2D eigenvalue weighted by Crippen LogP contribution is 2.18. The van der Waals surface area contributed by atoms with Crippen LogP contribution in [0.1, 0.15) is 13.3 Å². The third-order valence-corrected chi connectivity index (χ3v) is 2.69. The van der Waals surface area contributed by atoms with E-state index >= 15 is 0 Å². The number of carbonyl (C=O) groups excluding carboxylic acids is 1. The SMILES string of the molecule is COCC(C)C(=O)N1CCC(C(=O)O)C1. The summed E-state index contributed by atoms with van der Waals surface area (Å²) in [7, 11) is 1.55. The fourth-order valence-corrected chi connectivity index (χ4v) is 1.79. The van der Waals surface area contributed by atoms with E-state index in [2.05, 4.69) is 0 Å². The second-order valence-corrected chi connectivity index (χ2v) is 3.96. The van der Waals surface area contributed by atoms with E-state index in [1.54, 1.807) is 18.9 Å². The number of carboxylic acid groups (broad SMARTS) is 1. The summed E-state index contributed by atoms with van der Waals surface area (Å²) in [5.74, 6) is -1.42. The highest BCUT2D eigenvalue weighted by Gasteiger charge is 2.32. The maximum Gasteiger partial charge on any atom is 0.308 e. The largest absolute Gasteiger partial charge is 0.481 e. The Morgan fingerprint density at radius 1 is 1.60 bits per heavy atom. The molecule has 86 valence electrons. The molecule has 0 aromatic carbocycles. The van der Waals surface area contributed by atoms with Gasteiger partial charge in [0.1, 0.15) is 0 Å². The Hall–Kier alpha value is -1.10. The van der Waals surface area contributed by atoms with Gasteiger partial charge in [0, 0.05) is 20.2 Å². The Morgan fingerprint density at radius 2 is 2.27 bits per heavy atom.